The number of nitrogens with zero attached hydrogens (tertiary/aromatic N) is 1. The highest BCUT2D eigenvalue weighted by molar-refractivity contribution is 7.91. The van der Waals surface area contributed by atoms with E-state index in [1.54, 1.807) is 55.6 Å². The number of methoxy groups -OCH3 is 1. The van der Waals surface area contributed by atoms with Gasteiger partial charge in [0.25, 0.3) is 5.91 Å². The fraction of sp³-hybridized carbons (Fsp3) is 0.462. The van der Waals surface area contributed by atoms with Gasteiger partial charge in [-0.3, -0.25) is 9.59 Å². The molecule has 1 heterocycles. The van der Waals surface area contributed by atoms with E-state index in [0.717, 1.165) is 37.8 Å². The second kappa shape index (κ2) is 11.1. The Labute approximate surface area is 207 Å². The summed E-state index contributed by atoms with van der Waals surface area (Å²) in [6.07, 6.45) is 5.68. The number of ether oxygens (including phenoxy) is 1. The van der Waals surface area contributed by atoms with E-state index in [2.05, 4.69) is 10.6 Å². The second-order valence-electron chi connectivity index (χ2n) is 9.26. The number of carbonyl (C=O) groups is 2. The molecule has 1 saturated heterocycles. The largest absolute Gasteiger partial charge is 0.497 e. The highest BCUT2D eigenvalue weighted by Gasteiger charge is 2.38. The number of anilines is 2. The lowest BCUT2D eigenvalue weighted by Gasteiger charge is -2.38. The monoisotopic (exact) mass is 499 g/mol. The van der Waals surface area contributed by atoms with Crippen molar-refractivity contribution in [2.24, 2.45) is 0 Å². The fourth-order valence-electron chi connectivity index (χ4n) is 4.95. The van der Waals surface area contributed by atoms with Crippen LogP contribution in [0.25, 0.3) is 0 Å². The van der Waals surface area contributed by atoms with Crippen molar-refractivity contribution in [1.29, 1.82) is 0 Å². The summed E-state index contributed by atoms with van der Waals surface area (Å²) in [7, 11) is -1.49. The summed E-state index contributed by atoms with van der Waals surface area (Å²) in [6, 6.07) is 13.9. The van der Waals surface area contributed by atoms with Crippen LogP contribution in [-0.2, 0) is 14.6 Å². The van der Waals surface area contributed by atoms with E-state index >= 15 is 0 Å². The van der Waals surface area contributed by atoms with Gasteiger partial charge in [-0.15, -0.1) is 0 Å². The summed E-state index contributed by atoms with van der Waals surface area (Å²) in [5, 5.41) is 5.99. The van der Waals surface area contributed by atoms with Crippen LogP contribution in [0.2, 0.25) is 0 Å². The first-order valence-corrected chi connectivity index (χ1v) is 14.0. The maximum atomic E-state index is 13.2. The predicted molar refractivity (Wildman–Crippen MR) is 137 cm³/mol. The van der Waals surface area contributed by atoms with Gasteiger partial charge in [-0.05, 0) is 67.8 Å². The number of nitrogens with one attached hydrogen (secondary N) is 2. The van der Waals surface area contributed by atoms with Crippen molar-refractivity contribution in [1.82, 2.24) is 4.90 Å². The van der Waals surface area contributed by atoms with E-state index in [0.29, 0.717) is 23.4 Å². The van der Waals surface area contributed by atoms with Crippen LogP contribution in [0.1, 0.15) is 48.9 Å². The smallest absolute Gasteiger partial charge is 0.255 e. The van der Waals surface area contributed by atoms with Gasteiger partial charge in [0.05, 0.1) is 25.2 Å². The van der Waals surface area contributed by atoms with Crippen molar-refractivity contribution < 1.29 is 22.7 Å². The SMILES string of the molecule is COc1ccc(NC(=O)c2ccc(NCC(=O)N(C3CCCCC3)[C@@H]3CCS(=O)(=O)C3)cc2)cc1. The molecule has 0 spiro atoms. The van der Waals surface area contributed by atoms with E-state index in [9.17, 15) is 18.0 Å². The van der Waals surface area contributed by atoms with E-state index < -0.39 is 9.84 Å². The molecule has 0 unspecified atom stereocenters. The van der Waals surface area contributed by atoms with Crippen LogP contribution in [0.3, 0.4) is 0 Å². The average Bonchev–Trinajstić information content (AvgIpc) is 3.23. The molecule has 1 aliphatic carbocycles. The van der Waals surface area contributed by atoms with Crippen LogP contribution >= 0.6 is 0 Å². The van der Waals surface area contributed by atoms with Crippen molar-refractivity contribution in [3.05, 3.63) is 54.1 Å². The zero-order valence-electron chi connectivity index (χ0n) is 20.0. The third kappa shape index (κ3) is 6.54. The number of benzene rings is 2. The molecule has 35 heavy (non-hydrogen) atoms. The van der Waals surface area contributed by atoms with E-state index in [1.807, 2.05) is 4.90 Å². The summed E-state index contributed by atoms with van der Waals surface area (Å²) in [6.45, 7) is 0.0877. The van der Waals surface area contributed by atoms with E-state index in [1.165, 1.54) is 0 Å². The highest BCUT2D eigenvalue weighted by Crippen LogP contribution is 2.28. The Bertz CT molecular complexity index is 1130. The molecular weight excluding hydrogens is 466 g/mol. The molecule has 1 saturated carbocycles. The van der Waals surface area contributed by atoms with Crippen molar-refractivity contribution in [2.45, 2.75) is 50.6 Å². The van der Waals surface area contributed by atoms with Crippen molar-refractivity contribution in [2.75, 3.05) is 35.8 Å². The Morgan fingerprint density at radius 1 is 0.914 bits per heavy atom. The molecule has 9 heteroatoms. The summed E-state index contributed by atoms with van der Waals surface area (Å²) in [5.74, 6) is 0.628. The number of hydrogen-bond donors (Lipinski definition) is 2. The zero-order chi connectivity index (χ0) is 24.8. The predicted octanol–water partition coefficient (Wildman–Crippen LogP) is 3.71. The molecule has 2 fully saturated rings. The van der Waals surface area contributed by atoms with Gasteiger partial charge in [0, 0.05) is 29.0 Å². The van der Waals surface area contributed by atoms with Gasteiger partial charge in [0.1, 0.15) is 5.75 Å². The quantitative estimate of drug-likeness (QED) is 0.574. The van der Waals surface area contributed by atoms with Crippen LogP contribution in [-0.4, -0.2) is 62.4 Å². The van der Waals surface area contributed by atoms with Crippen molar-refractivity contribution in [3.63, 3.8) is 0 Å². The van der Waals surface area contributed by atoms with E-state index in [4.69, 9.17) is 4.74 Å². The maximum absolute atomic E-state index is 13.2. The second-order valence-corrected chi connectivity index (χ2v) is 11.5. The van der Waals surface area contributed by atoms with Gasteiger partial charge in [0.15, 0.2) is 9.84 Å². The molecular formula is C26H33N3O5S. The molecule has 2 aromatic carbocycles. The molecule has 2 aliphatic rings. The zero-order valence-corrected chi connectivity index (χ0v) is 20.9. The minimum absolute atomic E-state index is 0.0627. The number of sulfone groups is 1. The lowest BCUT2D eigenvalue weighted by molar-refractivity contribution is -0.134. The Morgan fingerprint density at radius 2 is 1.57 bits per heavy atom. The van der Waals surface area contributed by atoms with Crippen LogP contribution in [0.5, 0.6) is 5.75 Å². The molecule has 1 aliphatic heterocycles. The van der Waals surface area contributed by atoms with Crippen LogP contribution < -0.4 is 15.4 Å². The molecule has 2 amide bonds. The van der Waals surface area contributed by atoms with Gasteiger partial charge >= 0.3 is 0 Å². The van der Waals surface area contributed by atoms with Crippen LogP contribution in [0.4, 0.5) is 11.4 Å². The van der Waals surface area contributed by atoms with E-state index in [-0.39, 0.29) is 41.9 Å². The molecule has 0 aromatic heterocycles. The summed E-state index contributed by atoms with van der Waals surface area (Å²) in [5.41, 5.74) is 1.89. The molecule has 8 nitrogen and oxygen atoms in total. The summed E-state index contributed by atoms with van der Waals surface area (Å²) >= 11 is 0. The fourth-order valence-corrected chi connectivity index (χ4v) is 6.66. The maximum Gasteiger partial charge on any atom is 0.255 e. The third-order valence-electron chi connectivity index (χ3n) is 6.80. The molecule has 4 rings (SSSR count). The van der Waals surface area contributed by atoms with Gasteiger partial charge < -0.3 is 20.3 Å². The Balaban J connectivity index is 1.35. The van der Waals surface area contributed by atoms with Gasteiger partial charge in [-0.2, -0.15) is 0 Å². The average molecular weight is 500 g/mol. The lowest BCUT2D eigenvalue weighted by atomic mass is 9.93. The van der Waals surface area contributed by atoms with Gasteiger partial charge in [-0.1, -0.05) is 19.3 Å². The molecule has 188 valence electrons. The van der Waals surface area contributed by atoms with Crippen LogP contribution in [0, 0.1) is 0 Å². The first-order chi connectivity index (χ1) is 16.8. The van der Waals surface area contributed by atoms with Gasteiger partial charge in [0.2, 0.25) is 5.91 Å². The number of rotatable bonds is 8. The minimum atomic E-state index is -3.08. The van der Waals surface area contributed by atoms with Crippen molar-refractivity contribution >= 4 is 33.0 Å². The Kier molecular flexibility index (Phi) is 7.95. The number of amides is 2. The Hall–Kier alpha value is -3.07. The molecule has 2 N–H and O–H groups in total. The summed E-state index contributed by atoms with van der Waals surface area (Å²) in [4.78, 5) is 27.6. The standard InChI is InChI=1S/C26H33N3O5S/c1-34-24-13-11-21(12-14-24)28-26(31)19-7-9-20(10-8-19)27-17-25(30)29(22-5-3-2-4-6-22)23-15-16-35(32,33)18-23/h7-14,22-23,27H,2-6,15-18H2,1H3,(H,28,31)/t23-/m1/s1. The first kappa shape index (κ1) is 25.0. The highest BCUT2D eigenvalue weighted by atomic mass is 32.2. The Morgan fingerprint density at radius 3 is 2.17 bits per heavy atom. The first-order valence-electron chi connectivity index (χ1n) is 12.2. The topological polar surface area (TPSA) is 105 Å². The number of carbonyl (C=O) groups excluding carboxylic acids is 2. The lowest BCUT2D eigenvalue weighted by Crippen LogP contribution is -2.50. The third-order valence-corrected chi connectivity index (χ3v) is 8.55. The minimum Gasteiger partial charge on any atom is -0.497 e. The molecule has 1 atom stereocenters. The molecule has 0 radical (unpaired) electrons. The molecule has 2 aromatic rings. The van der Waals surface area contributed by atoms with Crippen LogP contribution in [0.15, 0.2) is 48.5 Å². The normalized spacial score (nSPS) is 19.6. The summed E-state index contributed by atoms with van der Waals surface area (Å²) < 4.78 is 29.3. The van der Waals surface area contributed by atoms with Gasteiger partial charge in [-0.25, -0.2) is 8.42 Å². The number of hydrogen-bond acceptors (Lipinski definition) is 6. The molecule has 0 bridgehead atoms. The van der Waals surface area contributed by atoms with Crippen molar-refractivity contribution in [3.8, 4) is 5.75 Å².